The van der Waals surface area contributed by atoms with Gasteiger partial charge in [0.05, 0.1) is 12.7 Å². The van der Waals surface area contributed by atoms with Crippen molar-refractivity contribution in [2.45, 2.75) is 0 Å². The van der Waals surface area contributed by atoms with Crippen molar-refractivity contribution in [1.82, 2.24) is 10.2 Å². The highest BCUT2D eigenvalue weighted by Gasteiger charge is 2.21. The molecule has 2 aromatic rings. The molecule has 1 heterocycles. The van der Waals surface area contributed by atoms with Crippen LogP contribution < -0.4 is 10.1 Å². The van der Waals surface area contributed by atoms with E-state index in [1.54, 1.807) is 24.1 Å². The van der Waals surface area contributed by atoms with Gasteiger partial charge < -0.3 is 15.0 Å². The molecule has 0 aliphatic carbocycles. The molecule has 5 heteroatoms. The summed E-state index contributed by atoms with van der Waals surface area (Å²) in [7, 11) is 1.60. The van der Waals surface area contributed by atoms with Crippen molar-refractivity contribution in [1.29, 1.82) is 0 Å². The number of amides is 1. The van der Waals surface area contributed by atoms with Crippen LogP contribution in [0.1, 0.15) is 10.4 Å². The van der Waals surface area contributed by atoms with Gasteiger partial charge in [0.15, 0.2) is 0 Å². The van der Waals surface area contributed by atoms with Gasteiger partial charge >= 0.3 is 0 Å². The third-order valence-electron chi connectivity index (χ3n) is 4.03. The number of piperazine rings is 1. The Kier molecular flexibility index (Phi) is 4.57. The number of ether oxygens (including phenoxy) is 1. The SMILES string of the molecule is COc1ccc(-c2ccc(C(=O)N3CCNCC3)c(F)c2)cc1. The summed E-state index contributed by atoms with van der Waals surface area (Å²) in [6.45, 7) is 2.71. The van der Waals surface area contributed by atoms with Crippen LogP contribution >= 0.6 is 0 Å². The molecule has 1 amide bonds. The highest BCUT2D eigenvalue weighted by molar-refractivity contribution is 5.95. The molecule has 1 N–H and O–H groups in total. The predicted octanol–water partition coefficient (Wildman–Crippen LogP) is 2.55. The predicted molar refractivity (Wildman–Crippen MR) is 87.2 cm³/mol. The molecule has 23 heavy (non-hydrogen) atoms. The number of hydrogen-bond acceptors (Lipinski definition) is 3. The maximum atomic E-state index is 14.4. The first-order chi connectivity index (χ1) is 11.2. The monoisotopic (exact) mass is 314 g/mol. The number of halogens is 1. The van der Waals surface area contributed by atoms with E-state index < -0.39 is 5.82 Å². The van der Waals surface area contributed by atoms with E-state index in [2.05, 4.69) is 5.32 Å². The van der Waals surface area contributed by atoms with Gasteiger partial charge in [0, 0.05) is 26.2 Å². The fourth-order valence-corrected chi connectivity index (χ4v) is 2.69. The molecular weight excluding hydrogens is 295 g/mol. The molecule has 0 aromatic heterocycles. The topological polar surface area (TPSA) is 41.6 Å². The molecular formula is C18H19FN2O2. The third kappa shape index (κ3) is 3.35. The molecule has 120 valence electrons. The van der Waals surface area contributed by atoms with Crippen LogP contribution in [0.25, 0.3) is 11.1 Å². The van der Waals surface area contributed by atoms with Crippen LogP contribution in [0.5, 0.6) is 5.75 Å². The Hall–Kier alpha value is -2.40. The van der Waals surface area contributed by atoms with Gasteiger partial charge in [-0.1, -0.05) is 18.2 Å². The average molecular weight is 314 g/mol. The summed E-state index contributed by atoms with van der Waals surface area (Å²) < 4.78 is 19.5. The van der Waals surface area contributed by atoms with E-state index in [1.807, 2.05) is 24.3 Å². The van der Waals surface area contributed by atoms with Gasteiger partial charge in [-0.25, -0.2) is 4.39 Å². The molecule has 0 unspecified atom stereocenters. The Morgan fingerprint density at radius 1 is 1.09 bits per heavy atom. The number of nitrogens with zero attached hydrogens (tertiary/aromatic N) is 1. The largest absolute Gasteiger partial charge is 0.497 e. The number of rotatable bonds is 3. The average Bonchev–Trinajstić information content (AvgIpc) is 2.62. The van der Waals surface area contributed by atoms with E-state index >= 15 is 0 Å². The van der Waals surface area contributed by atoms with Gasteiger partial charge in [0.1, 0.15) is 11.6 Å². The van der Waals surface area contributed by atoms with Crippen molar-refractivity contribution in [2.75, 3.05) is 33.3 Å². The molecule has 4 nitrogen and oxygen atoms in total. The highest BCUT2D eigenvalue weighted by Crippen LogP contribution is 2.24. The first-order valence-electron chi connectivity index (χ1n) is 7.63. The lowest BCUT2D eigenvalue weighted by molar-refractivity contribution is 0.0731. The number of carbonyl (C=O) groups excluding carboxylic acids is 1. The molecule has 0 atom stereocenters. The quantitative estimate of drug-likeness (QED) is 0.946. The van der Waals surface area contributed by atoms with Crippen molar-refractivity contribution >= 4 is 5.91 Å². The Morgan fingerprint density at radius 3 is 2.35 bits per heavy atom. The molecule has 0 saturated carbocycles. The highest BCUT2D eigenvalue weighted by atomic mass is 19.1. The molecule has 0 radical (unpaired) electrons. The van der Waals surface area contributed by atoms with Gasteiger partial charge in [0.25, 0.3) is 5.91 Å². The van der Waals surface area contributed by atoms with Gasteiger partial charge in [-0.3, -0.25) is 4.79 Å². The van der Waals surface area contributed by atoms with Crippen molar-refractivity contribution in [3.05, 3.63) is 53.8 Å². The minimum atomic E-state index is -0.484. The molecule has 1 aliphatic heterocycles. The standard InChI is InChI=1S/C18H19FN2O2/c1-23-15-5-2-13(3-6-15)14-4-7-16(17(19)12-14)18(22)21-10-8-20-9-11-21/h2-7,12,20H,8-11H2,1H3. The molecule has 3 rings (SSSR count). The second-order valence-electron chi connectivity index (χ2n) is 5.47. The van der Waals surface area contributed by atoms with Crippen molar-refractivity contribution in [3.63, 3.8) is 0 Å². The Bertz CT molecular complexity index is 695. The summed E-state index contributed by atoms with van der Waals surface area (Å²) in [5.41, 5.74) is 1.75. The maximum absolute atomic E-state index is 14.4. The summed E-state index contributed by atoms with van der Waals surface area (Å²) >= 11 is 0. The number of carbonyl (C=O) groups is 1. The fourth-order valence-electron chi connectivity index (χ4n) is 2.69. The van der Waals surface area contributed by atoms with Gasteiger partial charge in [-0.2, -0.15) is 0 Å². The molecule has 0 bridgehead atoms. The summed E-state index contributed by atoms with van der Waals surface area (Å²) in [5, 5.41) is 3.18. The van der Waals surface area contributed by atoms with E-state index in [1.165, 1.54) is 6.07 Å². The third-order valence-corrected chi connectivity index (χ3v) is 4.03. The second kappa shape index (κ2) is 6.79. The second-order valence-corrected chi connectivity index (χ2v) is 5.47. The normalized spacial score (nSPS) is 14.6. The summed E-state index contributed by atoms with van der Waals surface area (Å²) in [5.74, 6) is 0.0202. The minimum absolute atomic E-state index is 0.129. The van der Waals surface area contributed by atoms with Crippen molar-refractivity contribution in [3.8, 4) is 16.9 Å². The lowest BCUT2D eigenvalue weighted by Gasteiger charge is -2.27. The van der Waals surface area contributed by atoms with Crippen molar-refractivity contribution in [2.24, 2.45) is 0 Å². The summed E-state index contributed by atoms with van der Waals surface area (Å²) in [6.07, 6.45) is 0. The van der Waals surface area contributed by atoms with Gasteiger partial charge in [-0.05, 0) is 35.4 Å². The van der Waals surface area contributed by atoms with Crippen LogP contribution in [0.15, 0.2) is 42.5 Å². The zero-order valence-corrected chi connectivity index (χ0v) is 13.0. The first-order valence-corrected chi connectivity index (χ1v) is 7.63. The van der Waals surface area contributed by atoms with E-state index in [4.69, 9.17) is 4.74 Å². The Morgan fingerprint density at radius 2 is 1.74 bits per heavy atom. The zero-order chi connectivity index (χ0) is 16.2. The Labute approximate surface area is 134 Å². The van der Waals surface area contributed by atoms with E-state index in [0.29, 0.717) is 13.1 Å². The smallest absolute Gasteiger partial charge is 0.256 e. The van der Waals surface area contributed by atoms with Crippen LogP contribution in [0.2, 0.25) is 0 Å². The molecule has 2 aromatic carbocycles. The number of benzene rings is 2. The maximum Gasteiger partial charge on any atom is 0.256 e. The minimum Gasteiger partial charge on any atom is -0.497 e. The van der Waals surface area contributed by atoms with E-state index in [0.717, 1.165) is 30.0 Å². The first kappa shape index (κ1) is 15.5. The molecule has 0 spiro atoms. The summed E-state index contributed by atoms with van der Waals surface area (Å²) in [6, 6.07) is 12.1. The zero-order valence-electron chi connectivity index (χ0n) is 13.0. The van der Waals surface area contributed by atoms with Crippen LogP contribution in [0.4, 0.5) is 4.39 Å². The molecule has 1 fully saturated rings. The van der Waals surface area contributed by atoms with E-state index in [-0.39, 0.29) is 11.5 Å². The van der Waals surface area contributed by atoms with E-state index in [9.17, 15) is 9.18 Å². The summed E-state index contributed by atoms with van der Waals surface area (Å²) in [4.78, 5) is 14.1. The fraction of sp³-hybridized carbons (Fsp3) is 0.278. The number of nitrogens with one attached hydrogen (secondary N) is 1. The number of hydrogen-bond donors (Lipinski definition) is 1. The van der Waals surface area contributed by atoms with Crippen LogP contribution in [-0.4, -0.2) is 44.1 Å². The Balaban J connectivity index is 1.83. The van der Waals surface area contributed by atoms with Crippen molar-refractivity contribution < 1.29 is 13.9 Å². The van der Waals surface area contributed by atoms with Gasteiger partial charge in [-0.15, -0.1) is 0 Å². The molecule has 1 saturated heterocycles. The lowest BCUT2D eigenvalue weighted by Crippen LogP contribution is -2.46. The van der Waals surface area contributed by atoms with Crippen LogP contribution in [-0.2, 0) is 0 Å². The van der Waals surface area contributed by atoms with Crippen LogP contribution in [0, 0.1) is 5.82 Å². The van der Waals surface area contributed by atoms with Gasteiger partial charge in [0.2, 0.25) is 0 Å². The lowest BCUT2D eigenvalue weighted by atomic mass is 10.0. The van der Waals surface area contributed by atoms with Crippen LogP contribution in [0.3, 0.4) is 0 Å². The molecule has 1 aliphatic rings. The number of methoxy groups -OCH3 is 1.